The number of pyridine rings is 1. The molecule has 37 heavy (non-hydrogen) atoms. The van der Waals surface area contributed by atoms with Crippen molar-refractivity contribution in [1.29, 1.82) is 0 Å². The number of aromatic nitrogens is 3. The Balaban J connectivity index is 1.43. The monoisotopic (exact) mass is 504 g/mol. The molecule has 0 saturated carbocycles. The average molecular weight is 505 g/mol. The van der Waals surface area contributed by atoms with Crippen molar-refractivity contribution in [1.82, 2.24) is 19.9 Å². The third kappa shape index (κ3) is 4.60. The molecule has 3 saturated heterocycles. The van der Waals surface area contributed by atoms with E-state index < -0.39 is 0 Å². The van der Waals surface area contributed by atoms with E-state index in [0.717, 1.165) is 66.7 Å². The molecule has 3 fully saturated rings. The lowest BCUT2D eigenvalue weighted by Gasteiger charge is -2.35. The minimum Gasteiger partial charge on any atom is -0.496 e. The summed E-state index contributed by atoms with van der Waals surface area (Å²) < 4.78 is 11.1. The highest BCUT2D eigenvalue weighted by Gasteiger charge is 2.37. The van der Waals surface area contributed by atoms with Gasteiger partial charge in [-0.05, 0) is 69.1 Å². The van der Waals surface area contributed by atoms with Crippen molar-refractivity contribution in [2.45, 2.75) is 26.0 Å². The van der Waals surface area contributed by atoms with E-state index in [9.17, 15) is 5.11 Å². The summed E-state index contributed by atoms with van der Waals surface area (Å²) in [6.07, 6.45) is 1.23. The van der Waals surface area contributed by atoms with Crippen LogP contribution in [0.15, 0.2) is 30.3 Å². The summed E-state index contributed by atoms with van der Waals surface area (Å²) in [5, 5.41) is 10.8. The topological polar surface area (TPSA) is 87.1 Å². The lowest BCUT2D eigenvalue weighted by atomic mass is 9.89. The van der Waals surface area contributed by atoms with Gasteiger partial charge in [-0.3, -0.25) is 0 Å². The first-order valence-electron chi connectivity index (χ1n) is 13.3. The van der Waals surface area contributed by atoms with E-state index in [1.165, 1.54) is 6.42 Å². The molecule has 6 rings (SSSR count). The number of benzene rings is 1. The molecule has 3 aromatic rings. The molecule has 9 nitrogen and oxygen atoms in total. The van der Waals surface area contributed by atoms with Crippen LogP contribution in [0, 0.1) is 11.8 Å². The Morgan fingerprint density at radius 2 is 1.92 bits per heavy atom. The van der Waals surface area contributed by atoms with Crippen LogP contribution in [-0.4, -0.2) is 91.1 Å². The molecule has 0 amide bonds. The highest BCUT2D eigenvalue weighted by Crippen LogP contribution is 2.36. The van der Waals surface area contributed by atoms with Crippen LogP contribution in [-0.2, 0) is 11.3 Å². The molecular weight excluding hydrogens is 468 g/mol. The van der Waals surface area contributed by atoms with Crippen LogP contribution < -0.4 is 14.5 Å². The Labute approximate surface area is 218 Å². The maximum absolute atomic E-state index is 9.81. The van der Waals surface area contributed by atoms with Gasteiger partial charge in [0.15, 0.2) is 5.65 Å². The number of methoxy groups -OCH3 is 1. The second-order valence-electron chi connectivity index (χ2n) is 10.7. The van der Waals surface area contributed by atoms with Crippen LogP contribution in [0.2, 0.25) is 0 Å². The SMILES string of the molecule is COc1ccc(-c2ccc3c(N4CCOC[C@@H]4C)nc(N4CC5CCN(C)CC5C4)nc3n2)cc1CO. The third-order valence-electron chi connectivity index (χ3n) is 8.20. The Kier molecular flexibility index (Phi) is 6.60. The van der Waals surface area contributed by atoms with Gasteiger partial charge in [0.25, 0.3) is 0 Å². The summed E-state index contributed by atoms with van der Waals surface area (Å²) in [4.78, 5) is 22.4. The Hall–Kier alpha value is -3.01. The summed E-state index contributed by atoms with van der Waals surface area (Å²) in [5.41, 5.74) is 3.16. The number of hydrogen-bond donors (Lipinski definition) is 1. The number of rotatable bonds is 5. The van der Waals surface area contributed by atoms with Gasteiger partial charge in [-0.15, -0.1) is 0 Å². The number of hydrogen-bond acceptors (Lipinski definition) is 9. The first kappa shape index (κ1) is 24.3. The molecule has 0 radical (unpaired) electrons. The highest BCUT2D eigenvalue weighted by molar-refractivity contribution is 5.90. The standard InChI is InChI=1S/C28H36N6O3/c1-18-17-37-11-10-34(18)27-23-5-6-24(19-4-7-25(36-3)21(12-19)16-35)29-26(23)30-28(31-27)33-14-20-8-9-32(2)13-22(20)15-33/h4-7,12,18,20,22,35H,8-11,13-17H2,1-3H3/t18-,20?,22?/m0/s1. The third-order valence-corrected chi connectivity index (χ3v) is 8.20. The molecule has 1 N–H and O–H groups in total. The van der Waals surface area contributed by atoms with Crippen molar-refractivity contribution in [2.75, 3.05) is 69.9 Å². The zero-order valence-electron chi connectivity index (χ0n) is 21.9. The van der Waals surface area contributed by atoms with Gasteiger partial charge in [0, 0.05) is 37.3 Å². The molecule has 0 aliphatic carbocycles. The molecule has 0 spiro atoms. The second-order valence-corrected chi connectivity index (χ2v) is 10.7. The molecule has 3 atom stereocenters. The summed E-state index contributed by atoms with van der Waals surface area (Å²) in [6, 6.07) is 10.1. The number of piperidine rings is 1. The molecule has 2 aromatic heterocycles. The van der Waals surface area contributed by atoms with Crippen molar-refractivity contribution >= 4 is 22.8 Å². The summed E-state index contributed by atoms with van der Waals surface area (Å²) >= 11 is 0. The number of ether oxygens (including phenoxy) is 2. The van der Waals surface area contributed by atoms with Crippen molar-refractivity contribution < 1.29 is 14.6 Å². The van der Waals surface area contributed by atoms with Gasteiger partial charge in [0.1, 0.15) is 11.6 Å². The molecule has 1 aromatic carbocycles. The Morgan fingerprint density at radius 1 is 1.05 bits per heavy atom. The van der Waals surface area contributed by atoms with Crippen molar-refractivity contribution in [3.05, 3.63) is 35.9 Å². The van der Waals surface area contributed by atoms with Crippen LogP contribution >= 0.6 is 0 Å². The minimum absolute atomic E-state index is 0.0948. The van der Waals surface area contributed by atoms with E-state index in [4.69, 9.17) is 24.4 Å². The van der Waals surface area contributed by atoms with E-state index >= 15 is 0 Å². The van der Waals surface area contributed by atoms with Gasteiger partial charge in [0.2, 0.25) is 5.95 Å². The minimum atomic E-state index is -0.0948. The van der Waals surface area contributed by atoms with E-state index in [-0.39, 0.29) is 12.6 Å². The largest absolute Gasteiger partial charge is 0.496 e. The average Bonchev–Trinajstić information content (AvgIpc) is 3.35. The zero-order chi connectivity index (χ0) is 25.5. The van der Waals surface area contributed by atoms with Crippen LogP contribution in [0.3, 0.4) is 0 Å². The molecule has 196 valence electrons. The van der Waals surface area contributed by atoms with Gasteiger partial charge in [0.05, 0.1) is 44.1 Å². The first-order chi connectivity index (χ1) is 18.0. The quantitative estimate of drug-likeness (QED) is 0.564. The fraction of sp³-hybridized carbons (Fsp3) is 0.536. The lowest BCUT2D eigenvalue weighted by molar-refractivity contribution is 0.0987. The fourth-order valence-electron chi connectivity index (χ4n) is 6.12. The molecular formula is C28H36N6O3. The summed E-state index contributed by atoms with van der Waals surface area (Å²) in [6.45, 7) is 8.53. The van der Waals surface area contributed by atoms with Crippen LogP contribution in [0.25, 0.3) is 22.3 Å². The van der Waals surface area contributed by atoms with E-state index in [1.807, 2.05) is 24.3 Å². The second kappa shape index (κ2) is 10.0. The maximum atomic E-state index is 9.81. The van der Waals surface area contributed by atoms with E-state index in [2.05, 4.69) is 34.7 Å². The normalized spacial score (nSPS) is 24.5. The molecule has 3 aliphatic heterocycles. The van der Waals surface area contributed by atoms with Gasteiger partial charge < -0.3 is 29.3 Å². The lowest BCUT2D eigenvalue weighted by Crippen LogP contribution is -2.44. The van der Waals surface area contributed by atoms with Crippen LogP contribution in [0.1, 0.15) is 18.9 Å². The van der Waals surface area contributed by atoms with Gasteiger partial charge >= 0.3 is 0 Å². The smallest absolute Gasteiger partial charge is 0.229 e. The fourth-order valence-corrected chi connectivity index (χ4v) is 6.12. The number of anilines is 2. The van der Waals surface area contributed by atoms with Crippen molar-refractivity contribution in [3.63, 3.8) is 0 Å². The highest BCUT2D eigenvalue weighted by atomic mass is 16.5. The Morgan fingerprint density at radius 3 is 2.73 bits per heavy atom. The van der Waals surface area contributed by atoms with Gasteiger partial charge in [-0.2, -0.15) is 9.97 Å². The predicted octanol–water partition coefficient (Wildman–Crippen LogP) is 2.81. The number of morpholine rings is 1. The van der Waals surface area contributed by atoms with Crippen molar-refractivity contribution in [2.24, 2.45) is 11.8 Å². The number of likely N-dealkylation sites (tertiary alicyclic amines) is 1. The molecule has 9 heteroatoms. The Bertz CT molecular complexity index is 1290. The summed E-state index contributed by atoms with van der Waals surface area (Å²) in [7, 11) is 3.83. The van der Waals surface area contributed by atoms with Crippen molar-refractivity contribution in [3.8, 4) is 17.0 Å². The number of aliphatic hydroxyl groups is 1. The first-order valence-corrected chi connectivity index (χ1v) is 13.3. The number of aliphatic hydroxyl groups excluding tert-OH is 1. The zero-order valence-corrected chi connectivity index (χ0v) is 21.9. The van der Waals surface area contributed by atoms with E-state index in [0.29, 0.717) is 36.4 Å². The molecule has 0 bridgehead atoms. The van der Waals surface area contributed by atoms with E-state index in [1.54, 1.807) is 7.11 Å². The maximum Gasteiger partial charge on any atom is 0.229 e. The van der Waals surface area contributed by atoms with Crippen LogP contribution in [0.4, 0.5) is 11.8 Å². The predicted molar refractivity (Wildman–Crippen MR) is 144 cm³/mol. The van der Waals surface area contributed by atoms with Crippen LogP contribution in [0.5, 0.6) is 5.75 Å². The molecule has 5 heterocycles. The van der Waals surface area contributed by atoms with Gasteiger partial charge in [-0.25, -0.2) is 4.98 Å². The molecule has 2 unspecified atom stereocenters. The molecule has 3 aliphatic rings. The van der Waals surface area contributed by atoms with Gasteiger partial charge in [-0.1, -0.05) is 0 Å². The number of fused-ring (bicyclic) bond motifs is 2. The summed E-state index contributed by atoms with van der Waals surface area (Å²) in [5.74, 6) is 3.72. The number of nitrogens with zero attached hydrogens (tertiary/aromatic N) is 6.